The number of benzene rings is 1. The number of primary amides is 1. The van der Waals surface area contributed by atoms with Gasteiger partial charge in [-0.2, -0.15) is 4.99 Å². The molecule has 1 heterocycles. The highest BCUT2D eigenvalue weighted by molar-refractivity contribution is 6.01. The van der Waals surface area contributed by atoms with E-state index in [2.05, 4.69) is 4.99 Å². The Kier molecular flexibility index (Phi) is 1.74. The molecular weight excluding hydrogens is 164 g/mol. The van der Waals surface area contributed by atoms with Crippen LogP contribution in [0.2, 0.25) is 0 Å². The highest BCUT2D eigenvalue weighted by atomic mass is 16.1. The van der Waals surface area contributed by atoms with Crippen molar-refractivity contribution in [3.05, 3.63) is 29.3 Å². The van der Waals surface area contributed by atoms with Crippen molar-refractivity contribution in [2.24, 2.45) is 4.99 Å². The molecular formula is C10H11N2O+. The lowest BCUT2D eigenvalue weighted by Gasteiger charge is -2.09. The van der Waals surface area contributed by atoms with E-state index in [1.807, 2.05) is 32.0 Å². The minimum absolute atomic E-state index is 0.0579. The number of carbonyl (C=O) groups excluding carboxylic acids is 1. The third-order valence-electron chi connectivity index (χ3n) is 2.06. The second-order valence-electron chi connectivity index (χ2n) is 3.28. The number of quaternary nitrogens is 1. The summed E-state index contributed by atoms with van der Waals surface area (Å²) in [4.78, 5) is 15.8. The lowest BCUT2D eigenvalue weighted by molar-refractivity contribution is -0.432. The summed E-state index contributed by atoms with van der Waals surface area (Å²) in [7, 11) is 0. The first-order valence-electron chi connectivity index (χ1n) is 4.22. The molecule has 0 bridgehead atoms. The minimum atomic E-state index is 0.0579. The Hall–Kier alpha value is -1.48. The average molecular weight is 175 g/mol. The number of nitrogens with two attached hydrogens (primary N) is 1. The molecule has 1 amide bonds. The van der Waals surface area contributed by atoms with Crippen molar-refractivity contribution in [3.63, 3.8) is 0 Å². The van der Waals surface area contributed by atoms with Gasteiger partial charge in [0.25, 0.3) is 0 Å². The monoisotopic (exact) mass is 175 g/mol. The minimum Gasteiger partial charge on any atom is -0.234 e. The number of hydrogen-bond donors (Lipinski definition) is 1. The van der Waals surface area contributed by atoms with Crippen molar-refractivity contribution < 1.29 is 10.1 Å². The summed E-state index contributed by atoms with van der Waals surface area (Å²) in [6.07, 6.45) is 0. The summed E-state index contributed by atoms with van der Waals surface area (Å²) >= 11 is 0. The Morgan fingerprint density at radius 1 is 1.31 bits per heavy atom. The van der Waals surface area contributed by atoms with Crippen LogP contribution in [0, 0.1) is 6.92 Å². The molecule has 1 aliphatic rings. The average Bonchev–Trinajstić information content (AvgIpc) is 2.02. The normalized spacial score (nSPS) is 15.2. The smallest absolute Gasteiger partial charge is 0.234 e. The van der Waals surface area contributed by atoms with Gasteiger partial charge in [-0.15, -0.1) is 0 Å². The Balaban J connectivity index is 2.63. The van der Waals surface area contributed by atoms with E-state index in [9.17, 15) is 4.79 Å². The van der Waals surface area contributed by atoms with Crippen LogP contribution in [0.5, 0.6) is 0 Å². The van der Waals surface area contributed by atoms with E-state index < -0.39 is 0 Å². The maximum absolute atomic E-state index is 11.5. The first-order chi connectivity index (χ1) is 6.16. The van der Waals surface area contributed by atoms with Gasteiger partial charge in [-0.3, -0.25) is 0 Å². The van der Waals surface area contributed by atoms with Crippen LogP contribution in [0.1, 0.15) is 22.8 Å². The van der Waals surface area contributed by atoms with Gasteiger partial charge in [0, 0.05) is 6.92 Å². The van der Waals surface area contributed by atoms with Crippen LogP contribution in [-0.2, 0) is 0 Å². The summed E-state index contributed by atoms with van der Waals surface area (Å²) in [6.45, 7) is 3.83. The zero-order valence-corrected chi connectivity index (χ0v) is 7.66. The van der Waals surface area contributed by atoms with E-state index in [4.69, 9.17) is 0 Å². The number of amidine groups is 1. The molecule has 2 rings (SSSR count). The molecule has 3 heteroatoms. The number of hydrogen-bond acceptors (Lipinski definition) is 2. The number of rotatable bonds is 0. The Morgan fingerprint density at radius 2 is 2.08 bits per heavy atom. The molecule has 0 spiro atoms. The van der Waals surface area contributed by atoms with Crippen molar-refractivity contribution in [1.29, 1.82) is 0 Å². The van der Waals surface area contributed by atoms with Crippen LogP contribution in [0.15, 0.2) is 23.2 Å². The SMILES string of the molecule is CC1=Nc2cc(C)ccc2C(=O)[NH2+]1. The van der Waals surface area contributed by atoms with Gasteiger partial charge in [0.05, 0.1) is 5.69 Å². The fourth-order valence-electron chi connectivity index (χ4n) is 1.43. The number of aliphatic imine (C=N–C) groups is 1. The summed E-state index contributed by atoms with van der Waals surface area (Å²) in [6, 6.07) is 5.70. The number of amides is 1. The van der Waals surface area contributed by atoms with E-state index in [1.54, 1.807) is 5.32 Å². The van der Waals surface area contributed by atoms with Crippen LogP contribution in [-0.4, -0.2) is 11.7 Å². The number of fused-ring (bicyclic) bond motifs is 1. The second kappa shape index (κ2) is 2.78. The highest BCUT2D eigenvalue weighted by Crippen LogP contribution is 2.21. The largest absolute Gasteiger partial charge is 0.350 e. The van der Waals surface area contributed by atoms with Crippen molar-refractivity contribution in [1.82, 2.24) is 0 Å². The predicted octanol–water partition coefficient (Wildman–Crippen LogP) is 0.762. The molecule has 0 saturated carbocycles. The van der Waals surface area contributed by atoms with E-state index >= 15 is 0 Å². The van der Waals surface area contributed by atoms with Gasteiger partial charge < -0.3 is 0 Å². The maximum Gasteiger partial charge on any atom is 0.350 e. The molecule has 13 heavy (non-hydrogen) atoms. The van der Waals surface area contributed by atoms with Crippen LogP contribution in [0.4, 0.5) is 5.69 Å². The summed E-state index contributed by atoms with van der Waals surface area (Å²) in [5.41, 5.74) is 2.63. The van der Waals surface area contributed by atoms with Crippen molar-refractivity contribution in [2.45, 2.75) is 13.8 Å². The van der Waals surface area contributed by atoms with Crippen molar-refractivity contribution >= 4 is 17.4 Å². The van der Waals surface area contributed by atoms with Gasteiger partial charge in [-0.05, 0) is 24.6 Å². The van der Waals surface area contributed by atoms with Crippen molar-refractivity contribution in [3.8, 4) is 0 Å². The quantitative estimate of drug-likeness (QED) is 0.621. The molecule has 1 aromatic rings. The Labute approximate surface area is 76.5 Å². The van der Waals surface area contributed by atoms with Crippen LogP contribution >= 0.6 is 0 Å². The summed E-state index contributed by atoms with van der Waals surface area (Å²) in [5.74, 6) is 0.839. The third-order valence-corrected chi connectivity index (χ3v) is 2.06. The maximum atomic E-state index is 11.5. The molecule has 1 aromatic carbocycles. The molecule has 0 fully saturated rings. The standard InChI is InChI=1S/C10H10N2O/c1-6-3-4-8-9(5-6)11-7(2)12-10(8)13/h3-5H,1-2H3,(H,11,12,13)/p+1. The predicted molar refractivity (Wildman–Crippen MR) is 50.2 cm³/mol. The topological polar surface area (TPSA) is 46.0 Å². The summed E-state index contributed by atoms with van der Waals surface area (Å²) < 4.78 is 0. The highest BCUT2D eigenvalue weighted by Gasteiger charge is 2.21. The van der Waals surface area contributed by atoms with E-state index in [-0.39, 0.29) is 5.91 Å². The fraction of sp³-hybridized carbons (Fsp3) is 0.200. The van der Waals surface area contributed by atoms with Crippen LogP contribution < -0.4 is 5.32 Å². The lowest BCUT2D eigenvalue weighted by atomic mass is 10.1. The van der Waals surface area contributed by atoms with E-state index in [1.165, 1.54) is 0 Å². The zero-order valence-electron chi connectivity index (χ0n) is 7.66. The number of carbonyl (C=O) groups is 1. The fourth-order valence-corrected chi connectivity index (χ4v) is 1.43. The lowest BCUT2D eigenvalue weighted by Crippen LogP contribution is -2.91. The Morgan fingerprint density at radius 3 is 2.85 bits per heavy atom. The van der Waals surface area contributed by atoms with Crippen molar-refractivity contribution in [2.75, 3.05) is 0 Å². The van der Waals surface area contributed by atoms with Crippen LogP contribution in [0.25, 0.3) is 0 Å². The molecule has 0 aromatic heterocycles. The molecule has 0 aliphatic carbocycles. The second-order valence-corrected chi connectivity index (χ2v) is 3.28. The van der Waals surface area contributed by atoms with Gasteiger partial charge in [0.2, 0.25) is 5.84 Å². The molecule has 0 radical (unpaired) electrons. The Bertz CT molecular complexity index is 407. The first-order valence-corrected chi connectivity index (χ1v) is 4.22. The molecule has 3 nitrogen and oxygen atoms in total. The molecule has 0 unspecified atom stereocenters. The summed E-state index contributed by atoms with van der Waals surface area (Å²) in [5, 5.41) is 1.57. The van der Waals surface area contributed by atoms with Crippen LogP contribution in [0.3, 0.4) is 0 Å². The molecule has 0 atom stereocenters. The molecule has 0 saturated heterocycles. The molecule has 2 N–H and O–H groups in total. The first kappa shape index (κ1) is 8.13. The molecule has 66 valence electrons. The van der Waals surface area contributed by atoms with Gasteiger partial charge in [0.1, 0.15) is 5.56 Å². The number of nitrogens with zero attached hydrogens (tertiary/aromatic N) is 1. The molecule has 1 aliphatic heterocycles. The zero-order chi connectivity index (χ0) is 9.42. The van der Waals surface area contributed by atoms with Gasteiger partial charge in [-0.25, -0.2) is 10.1 Å². The van der Waals surface area contributed by atoms with Gasteiger partial charge >= 0.3 is 5.91 Å². The van der Waals surface area contributed by atoms with Gasteiger partial charge in [0.15, 0.2) is 0 Å². The third kappa shape index (κ3) is 1.38. The number of aryl methyl sites for hydroxylation is 1. The van der Waals surface area contributed by atoms with E-state index in [0.717, 1.165) is 17.1 Å². The van der Waals surface area contributed by atoms with E-state index in [0.29, 0.717) is 5.56 Å². The van der Waals surface area contributed by atoms with Gasteiger partial charge in [-0.1, -0.05) is 6.07 Å².